The van der Waals surface area contributed by atoms with Gasteiger partial charge in [0, 0.05) is 27.9 Å². The van der Waals surface area contributed by atoms with Crippen LogP contribution in [0.2, 0.25) is 0 Å². The van der Waals surface area contributed by atoms with E-state index in [2.05, 4.69) is 209 Å². The summed E-state index contributed by atoms with van der Waals surface area (Å²) in [6, 6.07) is 64.9. The van der Waals surface area contributed by atoms with Gasteiger partial charge < -0.3 is 4.90 Å². The van der Waals surface area contributed by atoms with Crippen LogP contribution in [0.25, 0.3) is 43.8 Å². The van der Waals surface area contributed by atoms with Crippen molar-refractivity contribution in [2.75, 3.05) is 4.90 Å². The van der Waals surface area contributed by atoms with Gasteiger partial charge in [0.25, 0.3) is 0 Å². The molecule has 1 nitrogen and oxygen atoms in total. The van der Waals surface area contributed by atoms with Crippen molar-refractivity contribution >= 4 is 38.6 Å². The zero-order chi connectivity index (χ0) is 34.7. The van der Waals surface area contributed by atoms with Crippen molar-refractivity contribution in [1.82, 2.24) is 0 Å². The summed E-state index contributed by atoms with van der Waals surface area (Å²) in [5.74, 6) is 0. The van der Waals surface area contributed by atoms with Crippen LogP contribution in [0.1, 0.15) is 49.9 Å². The van der Waals surface area contributed by atoms with E-state index in [1.54, 1.807) is 0 Å². The van der Waals surface area contributed by atoms with Crippen molar-refractivity contribution in [3.8, 4) is 22.3 Å². The Hall–Kier alpha value is -5.92. The topological polar surface area (TPSA) is 3.24 Å². The minimum Gasteiger partial charge on any atom is -0.310 e. The zero-order valence-corrected chi connectivity index (χ0v) is 29.7. The van der Waals surface area contributed by atoms with Crippen LogP contribution in [0.4, 0.5) is 17.1 Å². The summed E-state index contributed by atoms with van der Waals surface area (Å²) < 4.78 is 0. The van der Waals surface area contributed by atoms with E-state index in [1.165, 1.54) is 66.1 Å². The van der Waals surface area contributed by atoms with Gasteiger partial charge in [-0.3, -0.25) is 0 Å². The van der Waals surface area contributed by atoms with Crippen LogP contribution in [0, 0.1) is 0 Å². The molecule has 0 spiro atoms. The highest BCUT2D eigenvalue weighted by Crippen LogP contribution is 2.52. The molecule has 0 amide bonds. The molecule has 1 aliphatic rings. The maximum Gasteiger partial charge on any atom is 0.0465 e. The van der Waals surface area contributed by atoms with E-state index in [0.717, 1.165) is 17.1 Å². The van der Waals surface area contributed by atoms with Gasteiger partial charge in [-0.1, -0.05) is 155 Å². The van der Waals surface area contributed by atoms with Gasteiger partial charge >= 0.3 is 0 Å². The van der Waals surface area contributed by atoms with Crippen molar-refractivity contribution in [2.45, 2.75) is 38.5 Å². The predicted octanol–water partition coefficient (Wildman–Crippen LogP) is 13.8. The molecule has 0 aliphatic heterocycles. The van der Waals surface area contributed by atoms with Gasteiger partial charge in [-0.2, -0.15) is 0 Å². The Balaban J connectivity index is 1.14. The Bertz CT molecular complexity index is 2560. The molecule has 8 aromatic carbocycles. The number of benzene rings is 8. The fourth-order valence-corrected chi connectivity index (χ4v) is 8.20. The van der Waals surface area contributed by atoms with Gasteiger partial charge in [0.1, 0.15) is 0 Å². The number of fused-ring (bicyclic) bond motifs is 5. The van der Waals surface area contributed by atoms with E-state index in [4.69, 9.17) is 0 Å². The number of nitrogens with zero attached hydrogens (tertiary/aromatic N) is 1. The van der Waals surface area contributed by atoms with E-state index in [1.807, 2.05) is 0 Å². The predicted molar refractivity (Wildman–Crippen MR) is 218 cm³/mol. The summed E-state index contributed by atoms with van der Waals surface area (Å²) in [5, 5.41) is 5.13. The smallest absolute Gasteiger partial charge is 0.0465 e. The molecule has 1 aliphatic carbocycles. The summed E-state index contributed by atoms with van der Waals surface area (Å²) in [6.07, 6.45) is 0. The van der Waals surface area contributed by atoms with Crippen molar-refractivity contribution in [2.24, 2.45) is 0 Å². The third kappa shape index (κ3) is 5.24. The van der Waals surface area contributed by atoms with Gasteiger partial charge in [0.2, 0.25) is 0 Å². The molecule has 0 saturated heterocycles. The van der Waals surface area contributed by atoms with Crippen LogP contribution in [0.15, 0.2) is 176 Å². The molecule has 0 aromatic heterocycles. The molecule has 0 N–H and O–H groups in total. The molecule has 0 atom stereocenters. The van der Waals surface area contributed by atoms with Gasteiger partial charge in [0.15, 0.2) is 0 Å². The van der Waals surface area contributed by atoms with E-state index >= 15 is 0 Å². The normalized spacial score (nSPS) is 13.3. The second-order valence-electron chi connectivity index (χ2n) is 15.1. The molecule has 0 radical (unpaired) electrons. The largest absolute Gasteiger partial charge is 0.310 e. The SMILES string of the molecule is CC(C)(c1ccc(N(c2ccc(-c3ccccc3)cc2)c2ccc3c(c2)C(C)(C)c2cc4ccccc4cc2-3)cc1)c1ccc2ccccc2c1. The van der Waals surface area contributed by atoms with Gasteiger partial charge in [-0.15, -0.1) is 0 Å². The molecule has 1 heteroatoms. The Morgan fingerprint density at radius 3 is 1.59 bits per heavy atom. The third-order valence-corrected chi connectivity index (χ3v) is 11.3. The van der Waals surface area contributed by atoms with E-state index in [0.29, 0.717) is 0 Å². The van der Waals surface area contributed by atoms with E-state index in [-0.39, 0.29) is 10.8 Å². The van der Waals surface area contributed by atoms with Gasteiger partial charge in [-0.05, 0) is 115 Å². The quantitative estimate of drug-likeness (QED) is 0.172. The number of anilines is 3. The molecule has 246 valence electrons. The standard InChI is InChI=1S/C50H41N/c1-49(2,41-21-18-35-14-8-9-15-37(35)30-41)40-22-26-43(27-23-40)51(42-24-19-36(20-25-42)34-12-6-5-7-13-34)44-28-29-45-46-31-38-16-10-11-17-39(38)32-47(46)50(3,4)48(45)33-44/h5-33H,1-4H3. The van der Waals surface area contributed by atoms with Crippen molar-refractivity contribution < 1.29 is 0 Å². The molecule has 8 aromatic rings. The maximum absolute atomic E-state index is 2.43. The molecule has 0 heterocycles. The monoisotopic (exact) mass is 655 g/mol. The summed E-state index contributed by atoms with van der Waals surface area (Å²) in [4.78, 5) is 2.41. The molecule has 0 unspecified atom stereocenters. The minimum atomic E-state index is -0.155. The Labute approximate surface area is 301 Å². The highest BCUT2D eigenvalue weighted by Gasteiger charge is 2.36. The lowest BCUT2D eigenvalue weighted by Gasteiger charge is -2.30. The first-order valence-electron chi connectivity index (χ1n) is 18.0. The van der Waals surface area contributed by atoms with Gasteiger partial charge in [-0.25, -0.2) is 0 Å². The summed E-state index contributed by atoms with van der Waals surface area (Å²) in [5.41, 5.74) is 13.6. The lowest BCUT2D eigenvalue weighted by atomic mass is 9.77. The van der Waals surface area contributed by atoms with Crippen molar-refractivity contribution in [3.05, 3.63) is 198 Å². The van der Waals surface area contributed by atoms with Crippen LogP contribution >= 0.6 is 0 Å². The van der Waals surface area contributed by atoms with E-state index in [9.17, 15) is 0 Å². The van der Waals surface area contributed by atoms with Crippen LogP contribution in [-0.2, 0) is 10.8 Å². The highest BCUT2D eigenvalue weighted by atomic mass is 15.1. The summed E-state index contributed by atoms with van der Waals surface area (Å²) in [6.45, 7) is 9.41. The summed E-state index contributed by atoms with van der Waals surface area (Å²) >= 11 is 0. The fourth-order valence-electron chi connectivity index (χ4n) is 8.20. The molecule has 51 heavy (non-hydrogen) atoms. The van der Waals surface area contributed by atoms with Gasteiger partial charge in [0.05, 0.1) is 0 Å². The van der Waals surface area contributed by atoms with E-state index < -0.39 is 0 Å². The average Bonchev–Trinajstić information content (AvgIpc) is 3.39. The maximum atomic E-state index is 2.43. The number of hydrogen-bond donors (Lipinski definition) is 0. The average molecular weight is 656 g/mol. The molecular weight excluding hydrogens is 615 g/mol. The molecule has 9 rings (SSSR count). The molecule has 0 bridgehead atoms. The number of rotatable bonds is 6. The highest BCUT2D eigenvalue weighted by molar-refractivity contribution is 5.94. The Kier molecular flexibility index (Phi) is 7.22. The third-order valence-electron chi connectivity index (χ3n) is 11.3. The lowest BCUT2D eigenvalue weighted by molar-refractivity contribution is 0.642. The second kappa shape index (κ2) is 11.9. The Morgan fingerprint density at radius 1 is 0.392 bits per heavy atom. The summed E-state index contributed by atoms with van der Waals surface area (Å²) in [7, 11) is 0. The van der Waals surface area contributed by atoms with Crippen molar-refractivity contribution in [1.29, 1.82) is 0 Å². The lowest BCUT2D eigenvalue weighted by Crippen LogP contribution is -2.19. The molecule has 0 saturated carbocycles. The first-order valence-corrected chi connectivity index (χ1v) is 18.0. The van der Waals surface area contributed by atoms with Crippen LogP contribution in [0.5, 0.6) is 0 Å². The second-order valence-corrected chi connectivity index (χ2v) is 15.1. The first kappa shape index (κ1) is 31.1. The zero-order valence-electron chi connectivity index (χ0n) is 29.7. The fraction of sp³-hybridized carbons (Fsp3) is 0.120. The molecule has 0 fully saturated rings. The first-order chi connectivity index (χ1) is 24.8. The van der Waals surface area contributed by atoms with Crippen LogP contribution in [-0.4, -0.2) is 0 Å². The molecular formula is C50H41N. The Morgan fingerprint density at radius 2 is 0.902 bits per heavy atom. The number of hydrogen-bond acceptors (Lipinski definition) is 1. The van der Waals surface area contributed by atoms with Crippen LogP contribution in [0.3, 0.4) is 0 Å². The minimum absolute atomic E-state index is 0.124. The van der Waals surface area contributed by atoms with Crippen LogP contribution < -0.4 is 4.90 Å². The van der Waals surface area contributed by atoms with Crippen molar-refractivity contribution in [3.63, 3.8) is 0 Å².